The molecule has 2 rings (SSSR count). The van der Waals surface area contributed by atoms with Crippen LogP contribution in [0, 0.1) is 11.6 Å². The second-order valence-electron chi connectivity index (χ2n) is 4.22. The van der Waals surface area contributed by atoms with Crippen LogP contribution >= 0.6 is 11.6 Å². The summed E-state index contributed by atoms with van der Waals surface area (Å²) in [5, 5.41) is 3.89. The third-order valence-corrected chi connectivity index (χ3v) is 3.14. The lowest BCUT2D eigenvalue weighted by Gasteiger charge is -2.19. The molecule has 0 aliphatic carbocycles. The molecule has 0 fully saturated rings. The molecular weight excluding hydrogens is 268 g/mol. The van der Waals surface area contributed by atoms with Crippen LogP contribution in [0.4, 0.5) is 8.78 Å². The van der Waals surface area contributed by atoms with Gasteiger partial charge in [0.2, 0.25) is 0 Å². The highest BCUT2D eigenvalue weighted by atomic mass is 35.5. The zero-order valence-corrected chi connectivity index (χ0v) is 11.2. The summed E-state index contributed by atoms with van der Waals surface area (Å²) in [6.07, 6.45) is 0. The van der Waals surface area contributed by atoms with E-state index in [1.165, 1.54) is 6.07 Å². The molecule has 1 unspecified atom stereocenters. The van der Waals surface area contributed by atoms with Crippen molar-refractivity contribution in [2.24, 2.45) is 0 Å². The van der Waals surface area contributed by atoms with E-state index in [0.29, 0.717) is 17.1 Å². The summed E-state index contributed by atoms with van der Waals surface area (Å²) in [6.45, 7) is 2.68. The summed E-state index contributed by atoms with van der Waals surface area (Å²) < 4.78 is 26.3. The van der Waals surface area contributed by atoms with E-state index < -0.39 is 11.6 Å². The fraction of sp³-hybridized carbons (Fsp3) is 0.200. The van der Waals surface area contributed by atoms with Gasteiger partial charge < -0.3 is 5.32 Å². The van der Waals surface area contributed by atoms with Crippen molar-refractivity contribution in [2.75, 3.05) is 6.54 Å². The van der Waals surface area contributed by atoms with Crippen LogP contribution in [0.2, 0.25) is 5.02 Å². The van der Waals surface area contributed by atoms with Crippen molar-refractivity contribution in [1.82, 2.24) is 5.32 Å². The summed E-state index contributed by atoms with van der Waals surface area (Å²) in [7, 11) is 0. The predicted octanol–water partition coefficient (Wildman–Crippen LogP) is 4.32. The SMILES string of the molecule is CCNC(c1ccc(Cl)cc1)c1ccc(F)c(F)c1. The maximum atomic E-state index is 13.3. The minimum atomic E-state index is -0.839. The lowest BCUT2D eigenvalue weighted by Crippen LogP contribution is -2.22. The quantitative estimate of drug-likeness (QED) is 0.880. The van der Waals surface area contributed by atoms with E-state index in [2.05, 4.69) is 5.32 Å². The second kappa shape index (κ2) is 6.13. The smallest absolute Gasteiger partial charge is 0.159 e. The molecule has 0 spiro atoms. The Morgan fingerprint density at radius 2 is 1.63 bits per heavy atom. The normalized spacial score (nSPS) is 12.4. The molecule has 2 aromatic rings. The van der Waals surface area contributed by atoms with Gasteiger partial charge in [-0.05, 0) is 41.9 Å². The number of halogens is 3. The molecule has 0 bridgehead atoms. The van der Waals surface area contributed by atoms with Gasteiger partial charge in [0.15, 0.2) is 11.6 Å². The third kappa shape index (κ3) is 3.31. The first-order valence-electron chi connectivity index (χ1n) is 6.05. The molecule has 2 aromatic carbocycles. The summed E-state index contributed by atoms with van der Waals surface area (Å²) in [4.78, 5) is 0. The zero-order chi connectivity index (χ0) is 13.8. The van der Waals surface area contributed by atoms with Crippen LogP contribution in [0.1, 0.15) is 24.1 Å². The van der Waals surface area contributed by atoms with E-state index in [1.54, 1.807) is 18.2 Å². The maximum Gasteiger partial charge on any atom is 0.159 e. The Kier molecular flexibility index (Phi) is 4.51. The topological polar surface area (TPSA) is 12.0 Å². The minimum absolute atomic E-state index is 0.183. The molecule has 1 atom stereocenters. The Bertz CT molecular complexity index is 555. The molecular formula is C15H14ClF2N. The average Bonchev–Trinajstić information content (AvgIpc) is 2.41. The lowest BCUT2D eigenvalue weighted by atomic mass is 9.98. The van der Waals surface area contributed by atoms with Gasteiger partial charge in [0.25, 0.3) is 0 Å². The van der Waals surface area contributed by atoms with Crippen LogP contribution in [0.15, 0.2) is 42.5 Å². The van der Waals surface area contributed by atoms with E-state index in [1.807, 2.05) is 19.1 Å². The van der Waals surface area contributed by atoms with Crippen LogP contribution in [-0.4, -0.2) is 6.54 Å². The van der Waals surface area contributed by atoms with Gasteiger partial charge in [-0.15, -0.1) is 0 Å². The van der Waals surface area contributed by atoms with Crippen LogP contribution in [0.5, 0.6) is 0 Å². The molecule has 19 heavy (non-hydrogen) atoms. The second-order valence-corrected chi connectivity index (χ2v) is 4.65. The van der Waals surface area contributed by atoms with E-state index in [4.69, 9.17) is 11.6 Å². The van der Waals surface area contributed by atoms with Gasteiger partial charge in [0, 0.05) is 5.02 Å². The molecule has 100 valence electrons. The van der Waals surface area contributed by atoms with Gasteiger partial charge in [-0.2, -0.15) is 0 Å². The summed E-state index contributed by atoms with van der Waals surface area (Å²) >= 11 is 5.86. The first kappa shape index (κ1) is 14.0. The van der Waals surface area contributed by atoms with Gasteiger partial charge in [-0.1, -0.05) is 36.7 Å². The highest BCUT2D eigenvalue weighted by Crippen LogP contribution is 2.24. The van der Waals surface area contributed by atoms with Crippen molar-refractivity contribution in [3.05, 3.63) is 70.2 Å². The van der Waals surface area contributed by atoms with Gasteiger partial charge >= 0.3 is 0 Å². The standard InChI is InChI=1S/C15H14ClF2N/c1-2-19-15(10-3-6-12(16)7-4-10)11-5-8-13(17)14(18)9-11/h3-9,15,19H,2H2,1H3. The fourth-order valence-electron chi connectivity index (χ4n) is 1.98. The third-order valence-electron chi connectivity index (χ3n) is 2.89. The number of rotatable bonds is 4. The minimum Gasteiger partial charge on any atom is -0.307 e. The molecule has 0 heterocycles. The predicted molar refractivity (Wildman–Crippen MR) is 73.3 cm³/mol. The highest BCUT2D eigenvalue weighted by molar-refractivity contribution is 6.30. The van der Waals surface area contributed by atoms with E-state index in [0.717, 1.165) is 11.6 Å². The van der Waals surface area contributed by atoms with E-state index >= 15 is 0 Å². The van der Waals surface area contributed by atoms with Crippen molar-refractivity contribution in [3.8, 4) is 0 Å². The van der Waals surface area contributed by atoms with Crippen LogP contribution in [-0.2, 0) is 0 Å². The molecule has 0 saturated heterocycles. The monoisotopic (exact) mass is 281 g/mol. The molecule has 4 heteroatoms. The zero-order valence-electron chi connectivity index (χ0n) is 10.5. The van der Waals surface area contributed by atoms with Gasteiger partial charge in [0.1, 0.15) is 0 Å². The van der Waals surface area contributed by atoms with Crippen LogP contribution < -0.4 is 5.32 Å². The van der Waals surface area contributed by atoms with Crippen LogP contribution in [0.25, 0.3) is 0 Å². The fourth-order valence-corrected chi connectivity index (χ4v) is 2.11. The first-order chi connectivity index (χ1) is 9.11. The molecule has 1 nitrogen and oxygen atoms in total. The average molecular weight is 282 g/mol. The highest BCUT2D eigenvalue weighted by Gasteiger charge is 2.14. The van der Waals surface area contributed by atoms with Gasteiger partial charge in [-0.25, -0.2) is 8.78 Å². The number of hydrogen-bond acceptors (Lipinski definition) is 1. The van der Waals surface area contributed by atoms with Crippen molar-refractivity contribution in [1.29, 1.82) is 0 Å². The van der Waals surface area contributed by atoms with E-state index in [-0.39, 0.29) is 6.04 Å². The molecule has 0 aliphatic heterocycles. The van der Waals surface area contributed by atoms with Crippen molar-refractivity contribution < 1.29 is 8.78 Å². The number of benzene rings is 2. The molecule has 1 N–H and O–H groups in total. The molecule has 0 aliphatic rings. The summed E-state index contributed by atoms with van der Waals surface area (Å²) in [5.74, 6) is -1.68. The van der Waals surface area contributed by atoms with Gasteiger partial charge in [0.05, 0.1) is 6.04 Å². The van der Waals surface area contributed by atoms with Crippen molar-refractivity contribution in [2.45, 2.75) is 13.0 Å². The molecule has 0 saturated carbocycles. The Morgan fingerprint density at radius 3 is 2.21 bits per heavy atom. The summed E-state index contributed by atoms with van der Waals surface area (Å²) in [5.41, 5.74) is 1.64. The Hall–Kier alpha value is -1.45. The molecule has 0 aromatic heterocycles. The molecule has 0 radical (unpaired) electrons. The lowest BCUT2D eigenvalue weighted by molar-refractivity contribution is 0.504. The van der Waals surface area contributed by atoms with Gasteiger partial charge in [-0.3, -0.25) is 0 Å². The Labute approximate surface area is 116 Å². The van der Waals surface area contributed by atoms with Crippen LogP contribution in [0.3, 0.4) is 0 Å². The van der Waals surface area contributed by atoms with Crippen molar-refractivity contribution in [3.63, 3.8) is 0 Å². The maximum absolute atomic E-state index is 13.3. The Morgan fingerprint density at radius 1 is 1.00 bits per heavy atom. The number of hydrogen-bond donors (Lipinski definition) is 1. The van der Waals surface area contributed by atoms with E-state index in [9.17, 15) is 8.78 Å². The first-order valence-corrected chi connectivity index (χ1v) is 6.43. The summed E-state index contributed by atoms with van der Waals surface area (Å²) in [6, 6.07) is 11.1. The number of nitrogens with one attached hydrogen (secondary N) is 1. The Balaban J connectivity index is 2.38. The molecule has 0 amide bonds. The largest absolute Gasteiger partial charge is 0.307 e. The van der Waals surface area contributed by atoms with Crippen molar-refractivity contribution >= 4 is 11.6 Å².